The first-order valence-corrected chi connectivity index (χ1v) is 6.49. The zero-order valence-corrected chi connectivity index (χ0v) is 11.4. The highest BCUT2D eigenvalue weighted by atomic mass is 16.5. The average molecular weight is 279 g/mol. The largest absolute Gasteiger partial charge is 0.326 e. The number of rotatable bonds is 4. The Labute approximate surface area is 121 Å². The Kier molecular flexibility index (Phi) is 3.47. The summed E-state index contributed by atoms with van der Waals surface area (Å²) in [5.74, 6) is 0.523. The van der Waals surface area contributed by atoms with Crippen LogP contribution in [0.2, 0.25) is 0 Å². The van der Waals surface area contributed by atoms with Crippen molar-refractivity contribution in [3.63, 3.8) is 0 Å². The van der Waals surface area contributed by atoms with Crippen LogP contribution >= 0.6 is 0 Å². The van der Waals surface area contributed by atoms with Crippen molar-refractivity contribution in [1.29, 1.82) is 0 Å². The summed E-state index contributed by atoms with van der Waals surface area (Å²) >= 11 is 0. The standard InChI is InChI=1S/C16H13N3O2/c1-11(20)13-8-5-9-14(10-13)17-16-18-15(19-21-16)12-6-3-2-4-7-12/h2-10H,1H3,(H,17,18,19). The maximum Gasteiger partial charge on any atom is 0.326 e. The Morgan fingerprint density at radius 2 is 1.90 bits per heavy atom. The zero-order chi connectivity index (χ0) is 14.7. The molecule has 0 spiro atoms. The summed E-state index contributed by atoms with van der Waals surface area (Å²) in [6.45, 7) is 1.53. The van der Waals surface area contributed by atoms with E-state index in [1.165, 1.54) is 6.92 Å². The predicted molar refractivity (Wildman–Crippen MR) is 79.5 cm³/mol. The minimum absolute atomic E-state index is 0.00848. The number of nitrogens with zero attached hydrogens (tertiary/aromatic N) is 2. The van der Waals surface area contributed by atoms with Crippen LogP contribution < -0.4 is 5.32 Å². The quantitative estimate of drug-likeness (QED) is 0.738. The molecular weight excluding hydrogens is 266 g/mol. The van der Waals surface area contributed by atoms with Crippen molar-refractivity contribution in [3.8, 4) is 11.4 Å². The van der Waals surface area contributed by atoms with Gasteiger partial charge in [0.2, 0.25) is 5.82 Å². The van der Waals surface area contributed by atoms with E-state index in [0.29, 0.717) is 11.4 Å². The van der Waals surface area contributed by atoms with Gasteiger partial charge in [0, 0.05) is 16.8 Å². The molecule has 0 aliphatic heterocycles. The monoisotopic (exact) mass is 279 g/mol. The molecule has 2 aromatic carbocycles. The fourth-order valence-electron chi connectivity index (χ4n) is 1.92. The van der Waals surface area contributed by atoms with Crippen molar-refractivity contribution in [2.24, 2.45) is 0 Å². The van der Waals surface area contributed by atoms with Gasteiger partial charge in [0.15, 0.2) is 5.78 Å². The lowest BCUT2D eigenvalue weighted by Crippen LogP contribution is -1.95. The van der Waals surface area contributed by atoms with E-state index in [4.69, 9.17) is 4.52 Å². The van der Waals surface area contributed by atoms with E-state index < -0.39 is 0 Å². The fraction of sp³-hybridized carbons (Fsp3) is 0.0625. The molecule has 0 bridgehead atoms. The molecule has 3 aromatic rings. The molecule has 21 heavy (non-hydrogen) atoms. The van der Waals surface area contributed by atoms with Crippen molar-refractivity contribution < 1.29 is 9.32 Å². The summed E-state index contributed by atoms with van der Waals surface area (Å²) < 4.78 is 5.17. The number of ketones is 1. The molecular formula is C16H13N3O2. The van der Waals surface area contributed by atoms with E-state index in [1.54, 1.807) is 18.2 Å². The predicted octanol–water partition coefficient (Wildman–Crippen LogP) is 3.68. The molecule has 5 heteroatoms. The lowest BCUT2D eigenvalue weighted by atomic mass is 10.1. The third-order valence-corrected chi connectivity index (χ3v) is 2.98. The number of hydrogen-bond donors (Lipinski definition) is 1. The lowest BCUT2D eigenvalue weighted by Gasteiger charge is -2.02. The van der Waals surface area contributed by atoms with E-state index in [-0.39, 0.29) is 11.8 Å². The van der Waals surface area contributed by atoms with Crippen LogP contribution in [0.15, 0.2) is 59.1 Å². The van der Waals surface area contributed by atoms with Crippen molar-refractivity contribution in [1.82, 2.24) is 10.1 Å². The molecule has 3 rings (SSSR count). The maximum atomic E-state index is 11.4. The molecule has 0 radical (unpaired) electrons. The van der Waals surface area contributed by atoms with Crippen LogP contribution in [-0.2, 0) is 0 Å². The van der Waals surface area contributed by atoms with E-state index in [9.17, 15) is 4.79 Å². The Balaban J connectivity index is 1.82. The van der Waals surface area contributed by atoms with Crippen LogP contribution in [0.1, 0.15) is 17.3 Å². The molecule has 0 aliphatic rings. The van der Waals surface area contributed by atoms with Crippen LogP contribution in [0, 0.1) is 0 Å². The molecule has 1 heterocycles. The minimum Gasteiger partial charge on any atom is -0.315 e. The normalized spacial score (nSPS) is 10.3. The van der Waals surface area contributed by atoms with Gasteiger partial charge in [-0.25, -0.2) is 0 Å². The Bertz CT molecular complexity index is 766. The number of aromatic nitrogens is 2. The van der Waals surface area contributed by atoms with E-state index in [0.717, 1.165) is 11.3 Å². The molecule has 0 amide bonds. The van der Waals surface area contributed by atoms with Gasteiger partial charge in [-0.15, -0.1) is 0 Å². The van der Waals surface area contributed by atoms with Crippen molar-refractivity contribution in [3.05, 3.63) is 60.2 Å². The van der Waals surface area contributed by atoms with Crippen molar-refractivity contribution in [2.45, 2.75) is 6.92 Å². The van der Waals surface area contributed by atoms with Crippen LogP contribution in [0.3, 0.4) is 0 Å². The first-order valence-electron chi connectivity index (χ1n) is 6.49. The second-order valence-electron chi connectivity index (χ2n) is 4.55. The van der Waals surface area contributed by atoms with Crippen LogP contribution in [0.25, 0.3) is 11.4 Å². The topological polar surface area (TPSA) is 68.0 Å². The fourth-order valence-corrected chi connectivity index (χ4v) is 1.92. The number of carbonyl (C=O) groups is 1. The molecule has 0 aliphatic carbocycles. The van der Waals surface area contributed by atoms with Crippen LogP contribution in [-0.4, -0.2) is 15.9 Å². The number of Topliss-reactive ketones (excluding diaryl/α,β-unsaturated/α-hetero) is 1. The molecule has 0 saturated carbocycles. The average Bonchev–Trinajstić information content (AvgIpc) is 2.97. The molecule has 0 unspecified atom stereocenters. The van der Waals surface area contributed by atoms with Gasteiger partial charge in [0.1, 0.15) is 0 Å². The minimum atomic E-state index is 0.00848. The van der Waals surface area contributed by atoms with Gasteiger partial charge in [0.05, 0.1) is 0 Å². The summed E-state index contributed by atoms with van der Waals surface area (Å²) in [5, 5.41) is 6.92. The van der Waals surface area contributed by atoms with E-state index in [1.807, 2.05) is 36.4 Å². The number of hydrogen-bond acceptors (Lipinski definition) is 5. The molecule has 5 nitrogen and oxygen atoms in total. The van der Waals surface area contributed by atoms with Crippen molar-refractivity contribution >= 4 is 17.5 Å². The lowest BCUT2D eigenvalue weighted by molar-refractivity contribution is 0.101. The van der Waals surface area contributed by atoms with Gasteiger partial charge in [0.25, 0.3) is 0 Å². The molecule has 0 atom stereocenters. The van der Waals surface area contributed by atoms with E-state index in [2.05, 4.69) is 15.5 Å². The highest BCUT2D eigenvalue weighted by Gasteiger charge is 2.08. The summed E-state index contributed by atoms with van der Waals surface area (Å²) in [6.07, 6.45) is 0. The van der Waals surface area contributed by atoms with Gasteiger partial charge in [-0.1, -0.05) is 47.6 Å². The van der Waals surface area contributed by atoms with Crippen LogP contribution in [0.4, 0.5) is 11.7 Å². The van der Waals surface area contributed by atoms with Gasteiger partial charge >= 0.3 is 6.01 Å². The van der Waals surface area contributed by atoms with Crippen LogP contribution in [0.5, 0.6) is 0 Å². The Morgan fingerprint density at radius 3 is 2.67 bits per heavy atom. The molecule has 1 aromatic heterocycles. The summed E-state index contributed by atoms with van der Waals surface area (Å²) in [5.41, 5.74) is 2.24. The number of carbonyl (C=O) groups excluding carboxylic acids is 1. The molecule has 1 N–H and O–H groups in total. The van der Waals surface area contributed by atoms with E-state index >= 15 is 0 Å². The number of benzene rings is 2. The Hall–Kier alpha value is -2.95. The molecule has 0 fully saturated rings. The highest BCUT2D eigenvalue weighted by Crippen LogP contribution is 2.20. The third kappa shape index (κ3) is 2.97. The van der Waals surface area contributed by atoms with Crippen molar-refractivity contribution in [2.75, 3.05) is 5.32 Å². The van der Waals surface area contributed by atoms with Gasteiger partial charge < -0.3 is 9.84 Å². The second-order valence-corrected chi connectivity index (χ2v) is 4.55. The number of anilines is 2. The SMILES string of the molecule is CC(=O)c1cccc(Nc2nc(-c3ccccc3)no2)c1. The smallest absolute Gasteiger partial charge is 0.315 e. The molecule has 0 saturated heterocycles. The van der Waals surface area contributed by atoms with Gasteiger partial charge in [-0.2, -0.15) is 4.98 Å². The zero-order valence-electron chi connectivity index (χ0n) is 11.4. The first-order chi connectivity index (χ1) is 10.2. The first kappa shape index (κ1) is 13.1. The summed E-state index contributed by atoms with van der Waals surface area (Å²) in [4.78, 5) is 15.6. The Morgan fingerprint density at radius 1 is 1.10 bits per heavy atom. The highest BCUT2D eigenvalue weighted by molar-refractivity contribution is 5.95. The number of nitrogens with one attached hydrogen (secondary N) is 1. The maximum absolute atomic E-state index is 11.4. The van der Waals surface area contributed by atoms with Gasteiger partial charge in [-0.3, -0.25) is 4.79 Å². The summed E-state index contributed by atoms with van der Waals surface area (Å²) in [7, 11) is 0. The third-order valence-electron chi connectivity index (χ3n) is 2.98. The van der Waals surface area contributed by atoms with Gasteiger partial charge in [-0.05, 0) is 19.1 Å². The molecule has 104 valence electrons. The summed E-state index contributed by atoms with van der Waals surface area (Å²) in [6, 6.07) is 17.0. The second kappa shape index (κ2) is 5.58.